The molecule has 0 aliphatic rings. The number of rotatable bonds is 4. The summed E-state index contributed by atoms with van der Waals surface area (Å²) < 4.78 is 1.74. The molecule has 2 aromatic rings. The SMILES string of the molecule is CCCC(O)(c1ccccc1)c1ccnn1C. The summed E-state index contributed by atoms with van der Waals surface area (Å²) in [6.45, 7) is 2.07. The average molecular weight is 230 g/mol. The number of nitrogens with zero attached hydrogens (tertiary/aromatic N) is 2. The molecular weight excluding hydrogens is 212 g/mol. The zero-order valence-electron chi connectivity index (χ0n) is 10.3. The third-order valence-corrected chi connectivity index (χ3v) is 3.11. The molecule has 3 heteroatoms. The van der Waals surface area contributed by atoms with Gasteiger partial charge in [-0.15, -0.1) is 0 Å². The number of aromatic nitrogens is 2. The summed E-state index contributed by atoms with van der Waals surface area (Å²) in [4.78, 5) is 0. The summed E-state index contributed by atoms with van der Waals surface area (Å²) in [5, 5.41) is 15.1. The van der Waals surface area contributed by atoms with Crippen molar-refractivity contribution in [2.45, 2.75) is 25.4 Å². The molecule has 0 saturated carbocycles. The number of hydrogen-bond acceptors (Lipinski definition) is 2. The van der Waals surface area contributed by atoms with Crippen LogP contribution in [0.3, 0.4) is 0 Å². The van der Waals surface area contributed by atoms with Crippen molar-refractivity contribution in [3.05, 3.63) is 53.9 Å². The number of aryl methyl sites for hydroxylation is 1. The summed E-state index contributed by atoms with van der Waals surface area (Å²) in [5.41, 5.74) is 0.817. The fourth-order valence-corrected chi connectivity index (χ4v) is 2.28. The van der Waals surface area contributed by atoms with Crippen LogP contribution in [-0.2, 0) is 12.6 Å². The number of benzene rings is 1. The van der Waals surface area contributed by atoms with E-state index in [-0.39, 0.29) is 0 Å². The lowest BCUT2D eigenvalue weighted by Gasteiger charge is -2.28. The van der Waals surface area contributed by atoms with E-state index < -0.39 is 5.60 Å². The molecule has 0 fully saturated rings. The van der Waals surface area contributed by atoms with Crippen LogP contribution in [0, 0.1) is 0 Å². The van der Waals surface area contributed by atoms with Gasteiger partial charge >= 0.3 is 0 Å². The highest BCUT2D eigenvalue weighted by Crippen LogP contribution is 2.33. The predicted molar refractivity (Wildman–Crippen MR) is 67.6 cm³/mol. The van der Waals surface area contributed by atoms with Gasteiger partial charge in [-0.3, -0.25) is 4.68 Å². The topological polar surface area (TPSA) is 38.1 Å². The Balaban J connectivity index is 2.50. The monoisotopic (exact) mass is 230 g/mol. The van der Waals surface area contributed by atoms with Gasteiger partial charge in [-0.1, -0.05) is 43.7 Å². The molecule has 0 saturated heterocycles. The molecule has 0 amide bonds. The van der Waals surface area contributed by atoms with Gasteiger partial charge in [0.25, 0.3) is 0 Å². The largest absolute Gasteiger partial charge is 0.379 e. The average Bonchev–Trinajstić information content (AvgIpc) is 2.77. The summed E-state index contributed by atoms with van der Waals surface area (Å²) in [6.07, 6.45) is 3.33. The molecule has 1 atom stereocenters. The Kier molecular flexibility index (Phi) is 3.29. The van der Waals surface area contributed by atoms with E-state index >= 15 is 0 Å². The van der Waals surface area contributed by atoms with E-state index in [4.69, 9.17) is 0 Å². The van der Waals surface area contributed by atoms with E-state index in [0.717, 1.165) is 17.7 Å². The van der Waals surface area contributed by atoms with Gasteiger partial charge in [0.15, 0.2) is 0 Å². The molecule has 1 aromatic carbocycles. The second-order valence-corrected chi connectivity index (χ2v) is 4.32. The van der Waals surface area contributed by atoms with E-state index in [1.807, 2.05) is 43.4 Å². The second kappa shape index (κ2) is 4.72. The quantitative estimate of drug-likeness (QED) is 0.876. The molecule has 0 spiro atoms. The molecule has 1 heterocycles. The van der Waals surface area contributed by atoms with E-state index in [0.29, 0.717) is 6.42 Å². The maximum atomic E-state index is 11.0. The molecule has 0 aliphatic carbocycles. The Bertz CT molecular complexity index is 478. The summed E-state index contributed by atoms with van der Waals surface area (Å²) in [6, 6.07) is 11.7. The first-order valence-corrected chi connectivity index (χ1v) is 5.95. The van der Waals surface area contributed by atoms with E-state index in [2.05, 4.69) is 12.0 Å². The van der Waals surface area contributed by atoms with Gasteiger partial charge in [0.05, 0.1) is 5.69 Å². The van der Waals surface area contributed by atoms with Crippen molar-refractivity contribution in [3.8, 4) is 0 Å². The van der Waals surface area contributed by atoms with Crippen LogP contribution >= 0.6 is 0 Å². The van der Waals surface area contributed by atoms with Crippen molar-refractivity contribution in [3.63, 3.8) is 0 Å². The molecule has 2 rings (SSSR count). The maximum absolute atomic E-state index is 11.0. The fraction of sp³-hybridized carbons (Fsp3) is 0.357. The maximum Gasteiger partial charge on any atom is 0.131 e. The Morgan fingerprint density at radius 2 is 1.94 bits per heavy atom. The van der Waals surface area contributed by atoms with Crippen molar-refractivity contribution in [2.24, 2.45) is 7.05 Å². The van der Waals surface area contributed by atoms with Crippen LogP contribution in [0.15, 0.2) is 42.6 Å². The van der Waals surface area contributed by atoms with Crippen molar-refractivity contribution < 1.29 is 5.11 Å². The van der Waals surface area contributed by atoms with Crippen molar-refractivity contribution in [1.82, 2.24) is 9.78 Å². The molecular formula is C14H18N2O. The highest BCUT2D eigenvalue weighted by atomic mass is 16.3. The van der Waals surface area contributed by atoms with Gasteiger partial charge in [0, 0.05) is 13.2 Å². The lowest BCUT2D eigenvalue weighted by atomic mass is 9.86. The minimum absolute atomic E-state index is 0.691. The van der Waals surface area contributed by atoms with E-state index in [1.54, 1.807) is 10.9 Å². The number of hydrogen-bond donors (Lipinski definition) is 1. The minimum Gasteiger partial charge on any atom is -0.379 e. The van der Waals surface area contributed by atoms with Gasteiger partial charge in [-0.2, -0.15) is 5.10 Å². The zero-order valence-corrected chi connectivity index (χ0v) is 10.3. The lowest BCUT2D eigenvalue weighted by Crippen LogP contribution is -2.29. The van der Waals surface area contributed by atoms with Crippen LogP contribution in [0.5, 0.6) is 0 Å². The van der Waals surface area contributed by atoms with Crippen LogP contribution in [0.1, 0.15) is 31.0 Å². The lowest BCUT2D eigenvalue weighted by molar-refractivity contribution is 0.0615. The summed E-state index contributed by atoms with van der Waals surface area (Å²) in [7, 11) is 1.86. The summed E-state index contributed by atoms with van der Waals surface area (Å²) >= 11 is 0. The first-order valence-electron chi connectivity index (χ1n) is 5.95. The Morgan fingerprint density at radius 3 is 2.47 bits per heavy atom. The highest BCUT2D eigenvalue weighted by Gasteiger charge is 2.32. The smallest absolute Gasteiger partial charge is 0.131 e. The van der Waals surface area contributed by atoms with Crippen LogP contribution in [0.2, 0.25) is 0 Å². The van der Waals surface area contributed by atoms with Gasteiger partial charge in [0.1, 0.15) is 5.60 Å². The van der Waals surface area contributed by atoms with Gasteiger partial charge in [-0.05, 0) is 18.1 Å². The standard InChI is InChI=1S/C14H18N2O/c1-3-10-14(17,12-7-5-4-6-8-12)13-9-11-15-16(13)2/h4-9,11,17H,3,10H2,1-2H3. The van der Waals surface area contributed by atoms with E-state index in [9.17, 15) is 5.11 Å². The molecule has 90 valence electrons. The normalized spacial score (nSPS) is 14.5. The molecule has 0 radical (unpaired) electrons. The third kappa shape index (κ3) is 2.11. The first-order chi connectivity index (χ1) is 8.18. The molecule has 1 aromatic heterocycles. The van der Waals surface area contributed by atoms with Gasteiger partial charge in [0.2, 0.25) is 0 Å². The van der Waals surface area contributed by atoms with Crippen LogP contribution < -0.4 is 0 Å². The molecule has 3 nitrogen and oxygen atoms in total. The van der Waals surface area contributed by atoms with E-state index in [1.165, 1.54) is 0 Å². The van der Waals surface area contributed by atoms with Crippen LogP contribution in [-0.4, -0.2) is 14.9 Å². The Labute approximate surface area is 102 Å². The molecule has 17 heavy (non-hydrogen) atoms. The Hall–Kier alpha value is -1.61. The van der Waals surface area contributed by atoms with Crippen molar-refractivity contribution >= 4 is 0 Å². The predicted octanol–water partition coefficient (Wildman–Crippen LogP) is 2.46. The highest BCUT2D eigenvalue weighted by molar-refractivity contribution is 5.31. The van der Waals surface area contributed by atoms with Gasteiger partial charge < -0.3 is 5.11 Å². The number of aliphatic hydroxyl groups is 1. The minimum atomic E-state index is -0.943. The van der Waals surface area contributed by atoms with Crippen molar-refractivity contribution in [2.75, 3.05) is 0 Å². The van der Waals surface area contributed by atoms with Crippen molar-refractivity contribution in [1.29, 1.82) is 0 Å². The first kappa shape index (κ1) is 11.9. The Morgan fingerprint density at radius 1 is 1.24 bits per heavy atom. The second-order valence-electron chi connectivity index (χ2n) is 4.32. The molecule has 0 bridgehead atoms. The molecule has 0 aliphatic heterocycles. The zero-order chi connectivity index (χ0) is 12.3. The van der Waals surface area contributed by atoms with Crippen LogP contribution in [0.4, 0.5) is 0 Å². The molecule has 1 unspecified atom stereocenters. The van der Waals surface area contributed by atoms with Gasteiger partial charge in [-0.25, -0.2) is 0 Å². The van der Waals surface area contributed by atoms with Crippen LogP contribution in [0.25, 0.3) is 0 Å². The third-order valence-electron chi connectivity index (χ3n) is 3.11. The summed E-state index contributed by atoms with van der Waals surface area (Å²) in [5.74, 6) is 0. The molecule has 1 N–H and O–H groups in total. The fourth-order valence-electron chi connectivity index (χ4n) is 2.28.